The maximum Gasteiger partial charge on any atom is 0.222 e. The number of likely N-dealkylation sites (tertiary alicyclic amines) is 1. The third-order valence-corrected chi connectivity index (χ3v) is 7.55. The van der Waals surface area contributed by atoms with Crippen LogP contribution in [0.1, 0.15) is 51.9 Å². The fourth-order valence-corrected chi connectivity index (χ4v) is 6.00. The molecule has 0 aromatic carbocycles. The molecule has 0 spiro atoms. The standard InChI is InChI=1S/C18H32N4O3S.HI/c1-2-17(23)22-9-7-16(12-22)21-18(20-15-5-3-4-6-15)19-11-14-8-10-26(24,25)13-14;/h14-16H,2-13H2,1H3,(H2,19,20,21);1H. The first-order valence-electron chi connectivity index (χ1n) is 10.0. The van der Waals surface area contributed by atoms with E-state index in [0.717, 1.165) is 38.3 Å². The average Bonchev–Trinajstić information content (AvgIpc) is 3.33. The summed E-state index contributed by atoms with van der Waals surface area (Å²) in [6.07, 6.45) is 6.99. The number of rotatable bonds is 5. The molecule has 0 aromatic rings. The highest BCUT2D eigenvalue weighted by Gasteiger charge is 2.29. The third-order valence-electron chi connectivity index (χ3n) is 5.71. The van der Waals surface area contributed by atoms with Gasteiger partial charge in [0.1, 0.15) is 0 Å². The highest BCUT2D eigenvalue weighted by Crippen LogP contribution is 2.20. The highest BCUT2D eigenvalue weighted by molar-refractivity contribution is 14.0. The Morgan fingerprint density at radius 1 is 1.11 bits per heavy atom. The molecule has 9 heteroatoms. The molecule has 2 atom stereocenters. The molecule has 156 valence electrons. The van der Waals surface area contributed by atoms with Gasteiger partial charge in [0.15, 0.2) is 15.8 Å². The van der Waals surface area contributed by atoms with Crippen molar-refractivity contribution >= 4 is 45.7 Å². The van der Waals surface area contributed by atoms with Crippen LogP contribution >= 0.6 is 24.0 Å². The second-order valence-electron chi connectivity index (χ2n) is 7.91. The molecule has 0 bridgehead atoms. The van der Waals surface area contributed by atoms with E-state index in [2.05, 4.69) is 10.6 Å². The molecule has 1 amide bonds. The van der Waals surface area contributed by atoms with Gasteiger partial charge >= 0.3 is 0 Å². The molecule has 1 saturated carbocycles. The average molecular weight is 512 g/mol. The van der Waals surface area contributed by atoms with Crippen LogP contribution < -0.4 is 10.6 Å². The van der Waals surface area contributed by atoms with Gasteiger partial charge in [0.2, 0.25) is 5.91 Å². The van der Waals surface area contributed by atoms with Gasteiger partial charge in [-0.05, 0) is 31.6 Å². The predicted octanol–water partition coefficient (Wildman–Crippen LogP) is 1.53. The van der Waals surface area contributed by atoms with E-state index >= 15 is 0 Å². The Morgan fingerprint density at radius 2 is 1.81 bits per heavy atom. The Labute approximate surface area is 180 Å². The Morgan fingerprint density at radius 3 is 2.44 bits per heavy atom. The van der Waals surface area contributed by atoms with Gasteiger partial charge in [-0.15, -0.1) is 24.0 Å². The minimum atomic E-state index is -2.86. The van der Waals surface area contributed by atoms with Crippen LogP contribution in [0.15, 0.2) is 4.99 Å². The number of nitrogens with zero attached hydrogens (tertiary/aromatic N) is 2. The molecule has 27 heavy (non-hydrogen) atoms. The maximum atomic E-state index is 11.9. The van der Waals surface area contributed by atoms with E-state index in [0.29, 0.717) is 31.2 Å². The van der Waals surface area contributed by atoms with Gasteiger partial charge in [0, 0.05) is 38.1 Å². The van der Waals surface area contributed by atoms with Crippen LogP contribution in [0.25, 0.3) is 0 Å². The van der Waals surface area contributed by atoms with E-state index in [9.17, 15) is 13.2 Å². The van der Waals surface area contributed by atoms with Gasteiger partial charge in [-0.1, -0.05) is 19.8 Å². The van der Waals surface area contributed by atoms with Crippen molar-refractivity contribution in [3.63, 3.8) is 0 Å². The van der Waals surface area contributed by atoms with E-state index in [1.54, 1.807) is 0 Å². The van der Waals surface area contributed by atoms with Crippen molar-refractivity contribution in [1.29, 1.82) is 0 Å². The molecule has 7 nitrogen and oxygen atoms in total. The zero-order valence-electron chi connectivity index (χ0n) is 16.2. The molecule has 3 rings (SSSR count). The summed E-state index contributed by atoms with van der Waals surface area (Å²) in [6.45, 7) is 3.96. The lowest BCUT2D eigenvalue weighted by molar-refractivity contribution is -0.129. The molecule has 0 radical (unpaired) electrons. The Kier molecular flexibility index (Phi) is 8.64. The summed E-state index contributed by atoms with van der Waals surface area (Å²) in [5, 5.41) is 7.02. The fourth-order valence-electron chi connectivity index (χ4n) is 4.15. The molecule has 2 aliphatic heterocycles. The monoisotopic (exact) mass is 512 g/mol. The number of sulfone groups is 1. The number of carbonyl (C=O) groups excluding carboxylic acids is 1. The normalized spacial score (nSPS) is 28.2. The zero-order chi connectivity index (χ0) is 18.6. The second kappa shape index (κ2) is 10.3. The van der Waals surface area contributed by atoms with E-state index in [4.69, 9.17) is 4.99 Å². The highest BCUT2D eigenvalue weighted by atomic mass is 127. The molecule has 2 unspecified atom stereocenters. The number of nitrogens with one attached hydrogen (secondary N) is 2. The Hall–Kier alpha value is -0.580. The number of aliphatic imine (C=N–C) groups is 1. The van der Waals surface area contributed by atoms with Gasteiger partial charge in [0.05, 0.1) is 11.5 Å². The quantitative estimate of drug-likeness (QED) is 0.331. The van der Waals surface area contributed by atoms with Gasteiger partial charge in [-0.3, -0.25) is 9.79 Å². The number of amides is 1. The van der Waals surface area contributed by atoms with E-state index in [1.807, 2.05) is 11.8 Å². The van der Waals surface area contributed by atoms with Crippen molar-refractivity contribution < 1.29 is 13.2 Å². The first-order valence-corrected chi connectivity index (χ1v) is 11.8. The van der Waals surface area contributed by atoms with Crippen molar-refractivity contribution in [1.82, 2.24) is 15.5 Å². The lowest BCUT2D eigenvalue weighted by Crippen LogP contribution is -2.48. The van der Waals surface area contributed by atoms with Crippen LogP contribution in [-0.2, 0) is 14.6 Å². The smallest absolute Gasteiger partial charge is 0.222 e. The lowest BCUT2D eigenvalue weighted by Gasteiger charge is -2.22. The summed E-state index contributed by atoms with van der Waals surface area (Å²) < 4.78 is 23.3. The van der Waals surface area contributed by atoms with Gasteiger partial charge < -0.3 is 15.5 Å². The van der Waals surface area contributed by atoms with E-state index < -0.39 is 9.84 Å². The molecule has 2 heterocycles. The van der Waals surface area contributed by atoms with Crippen LogP contribution in [0.4, 0.5) is 0 Å². The molecule has 2 N–H and O–H groups in total. The predicted molar refractivity (Wildman–Crippen MR) is 118 cm³/mol. The van der Waals surface area contributed by atoms with Crippen molar-refractivity contribution in [2.75, 3.05) is 31.1 Å². The van der Waals surface area contributed by atoms with Crippen LogP contribution in [0.3, 0.4) is 0 Å². The molecule has 2 saturated heterocycles. The third kappa shape index (κ3) is 6.76. The Bertz CT molecular complexity index is 635. The molecule has 1 aliphatic carbocycles. The number of hydrogen-bond donors (Lipinski definition) is 2. The number of carbonyl (C=O) groups is 1. The Balaban J connectivity index is 0.00000261. The van der Waals surface area contributed by atoms with Crippen LogP contribution in [0.5, 0.6) is 0 Å². The summed E-state index contributed by atoms with van der Waals surface area (Å²) in [6, 6.07) is 0.661. The molecular weight excluding hydrogens is 479 g/mol. The van der Waals surface area contributed by atoms with Crippen LogP contribution in [-0.4, -0.2) is 68.4 Å². The van der Waals surface area contributed by atoms with E-state index in [-0.39, 0.29) is 47.6 Å². The minimum absolute atomic E-state index is 0. The van der Waals surface area contributed by atoms with Crippen molar-refractivity contribution in [3.8, 4) is 0 Å². The van der Waals surface area contributed by atoms with Gasteiger partial charge in [-0.2, -0.15) is 0 Å². The first kappa shape index (κ1) is 22.7. The summed E-state index contributed by atoms with van der Waals surface area (Å²) in [4.78, 5) is 18.5. The van der Waals surface area contributed by atoms with Crippen molar-refractivity contribution in [2.24, 2.45) is 10.9 Å². The molecule has 3 fully saturated rings. The topological polar surface area (TPSA) is 90.9 Å². The second-order valence-corrected chi connectivity index (χ2v) is 10.1. The van der Waals surface area contributed by atoms with Crippen molar-refractivity contribution in [3.05, 3.63) is 0 Å². The van der Waals surface area contributed by atoms with Gasteiger partial charge in [0.25, 0.3) is 0 Å². The van der Waals surface area contributed by atoms with Gasteiger partial charge in [-0.25, -0.2) is 8.42 Å². The number of halogens is 1. The maximum absolute atomic E-state index is 11.9. The number of guanidine groups is 1. The summed E-state index contributed by atoms with van der Waals surface area (Å²) in [5.74, 6) is 1.67. The lowest BCUT2D eigenvalue weighted by atomic mass is 10.1. The molecule has 3 aliphatic rings. The molecule has 0 aromatic heterocycles. The fraction of sp³-hybridized carbons (Fsp3) is 0.889. The largest absolute Gasteiger partial charge is 0.354 e. The SMILES string of the molecule is CCC(=O)N1CCC(NC(=NCC2CCS(=O)(=O)C2)NC2CCCC2)C1.I. The first-order chi connectivity index (χ1) is 12.4. The molecular formula is C18H33IN4O3S. The summed E-state index contributed by atoms with van der Waals surface area (Å²) >= 11 is 0. The number of hydrogen-bond acceptors (Lipinski definition) is 4. The summed E-state index contributed by atoms with van der Waals surface area (Å²) in [7, 11) is -2.86. The van der Waals surface area contributed by atoms with Crippen LogP contribution in [0.2, 0.25) is 0 Å². The van der Waals surface area contributed by atoms with Crippen LogP contribution in [0, 0.1) is 5.92 Å². The van der Waals surface area contributed by atoms with E-state index in [1.165, 1.54) is 12.8 Å². The minimum Gasteiger partial charge on any atom is -0.354 e. The summed E-state index contributed by atoms with van der Waals surface area (Å²) in [5.41, 5.74) is 0. The zero-order valence-corrected chi connectivity index (χ0v) is 19.3. The van der Waals surface area contributed by atoms with Crippen molar-refractivity contribution in [2.45, 2.75) is 64.0 Å².